The lowest BCUT2D eigenvalue weighted by molar-refractivity contribution is 0.0934. The number of carbonyl (C=O) groups is 1. The zero-order valence-corrected chi connectivity index (χ0v) is 10.6. The van der Waals surface area contributed by atoms with Gasteiger partial charge in [-0.1, -0.05) is 20.3 Å². The van der Waals surface area contributed by atoms with Crippen LogP contribution in [-0.2, 0) is 0 Å². The van der Waals surface area contributed by atoms with E-state index in [4.69, 9.17) is 10.5 Å². The number of aromatic nitrogens is 1. The van der Waals surface area contributed by atoms with E-state index in [1.54, 1.807) is 12.3 Å². The number of nitrogens with two attached hydrogens (primary N) is 1. The SMILES string of the molecule is CCOc1cncc(C(=O)C(N)C(C)CC)c1. The van der Waals surface area contributed by atoms with E-state index in [2.05, 4.69) is 4.98 Å². The minimum atomic E-state index is -0.473. The average molecular weight is 236 g/mol. The summed E-state index contributed by atoms with van der Waals surface area (Å²) in [6.45, 7) is 6.44. The maximum Gasteiger partial charge on any atom is 0.181 e. The Labute approximate surface area is 102 Å². The largest absolute Gasteiger partial charge is 0.492 e. The molecule has 0 aromatic carbocycles. The lowest BCUT2D eigenvalue weighted by Crippen LogP contribution is -2.36. The van der Waals surface area contributed by atoms with Gasteiger partial charge in [0.1, 0.15) is 5.75 Å². The molecular formula is C13H20N2O2. The number of pyridine rings is 1. The molecule has 17 heavy (non-hydrogen) atoms. The van der Waals surface area contributed by atoms with Crippen LogP contribution in [0.3, 0.4) is 0 Å². The van der Waals surface area contributed by atoms with Gasteiger partial charge in [0.15, 0.2) is 5.78 Å². The first-order valence-electron chi connectivity index (χ1n) is 5.97. The van der Waals surface area contributed by atoms with Crippen LogP contribution in [0.2, 0.25) is 0 Å². The molecular weight excluding hydrogens is 216 g/mol. The summed E-state index contributed by atoms with van der Waals surface area (Å²) in [7, 11) is 0. The van der Waals surface area contributed by atoms with Crippen molar-refractivity contribution >= 4 is 5.78 Å². The number of hydrogen-bond donors (Lipinski definition) is 1. The molecule has 0 spiro atoms. The zero-order chi connectivity index (χ0) is 12.8. The van der Waals surface area contributed by atoms with Gasteiger partial charge in [0.25, 0.3) is 0 Å². The highest BCUT2D eigenvalue weighted by Gasteiger charge is 2.21. The number of ether oxygens (including phenoxy) is 1. The van der Waals surface area contributed by atoms with Crippen LogP contribution in [0.25, 0.3) is 0 Å². The second-order valence-electron chi connectivity index (χ2n) is 4.12. The molecule has 2 N–H and O–H groups in total. The Kier molecular flexibility index (Phi) is 5.10. The average Bonchev–Trinajstić information content (AvgIpc) is 2.36. The quantitative estimate of drug-likeness (QED) is 0.767. The normalized spacial score (nSPS) is 14.1. The number of rotatable bonds is 6. The van der Waals surface area contributed by atoms with Gasteiger partial charge in [-0.2, -0.15) is 0 Å². The van der Waals surface area contributed by atoms with Crippen LogP contribution in [0.4, 0.5) is 0 Å². The molecule has 2 unspecified atom stereocenters. The van der Waals surface area contributed by atoms with Crippen molar-refractivity contribution in [2.75, 3.05) is 6.61 Å². The lowest BCUT2D eigenvalue weighted by Gasteiger charge is -2.17. The van der Waals surface area contributed by atoms with Gasteiger partial charge in [-0.3, -0.25) is 9.78 Å². The highest BCUT2D eigenvalue weighted by molar-refractivity contribution is 6.00. The second kappa shape index (κ2) is 6.35. The molecule has 4 heteroatoms. The highest BCUT2D eigenvalue weighted by Crippen LogP contribution is 2.15. The van der Waals surface area contributed by atoms with Gasteiger partial charge in [-0.15, -0.1) is 0 Å². The molecule has 0 saturated carbocycles. The van der Waals surface area contributed by atoms with Crippen molar-refractivity contribution in [3.63, 3.8) is 0 Å². The first-order chi connectivity index (χ1) is 8.10. The van der Waals surface area contributed by atoms with Crippen molar-refractivity contribution in [1.29, 1.82) is 0 Å². The summed E-state index contributed by atoms with van der Waals surface area (Å²) in [5, 5.41) is 0. The number of ketones is 1. The minimum Gasteiger partial charge on any atom is -0.492 e. The predicted octanol–water partition coefficient (Wildman–Crippen LogP) is 2.04. The Hall–Kier alpha value is -1.42. The second-order valence-corrected chi connectivity index (χ2v) is 4.12. The van der Waals surface area contributed by atoms with Crippen LogP contribution in [0, 0.1) is 5.92 Å². The summed E-state index contributed by atoms with van der Waals surface area (Å²) in [4.78, 5) is 16.1. The van der Waals surface area contributed by atoms with E-state index in [9.17, 15) is 4.79 Å². The molecule has 0 bridgehead atoms. The molecule has 94 valence electrons. The predicted molar refractivity (Wildman–Crippen MR) is 67.2 cm³/mol. The van der Waals surface area contributed by atoms with E-state index >= 15 is 0 Å². The fourth-order valence-electron chi connectivity index (χ4n) is 1.50. The van der Waals surface area contributed by atoms with E-state index < -0.39 is 6.04 Å². The van der Waals surface area contributed by atoms with Gasteiger partial charge in [-0.05, 0) is 18.9 Å². The Balaban J connectivity index is 2.84. The van der Waals surface area contributed by atoms with Gasteiger partial charge in [-0.25, -0.2) is 0 Å². The molecule has 0 saturated heterocycles. The standard InChI is InChI=1S/C13H20N2O2/c1-4-9(3)12(14)13(16)10-6-11(17-5-2)8-15-7-10/h6-9,12H,4-5,14H2,1-3H3. The van der Waals surface area contributed by atoms with Crippen LogP contribution in [-0.4, -0.2) is 23.4 Å². The third-order valence-electron chi connectivity index (χ3n) is 2.87. The molecule has 0 aliphatic carbocycles. The van der Waals surface area contributed by atoms with Crippen molar-refractivity contribution in [3.05, 3.63) is 24.0 Å². The lowest BCUT2D eigenvalue weighted by atomic mass is 9.93. The summed E-state index contributed by atoms with van der Waals surface area (Å²) in [5.41, 5.74) is 6.43. The minimum absolute atomic E-state index is 0.0756. The summed E-state index contributed by atoms with van der Waals surface area (Å²) >= 11 is 0. The van der Waals surface area contributed by atoms with Gasteiger partial charge in [0, 0.05) is 11.8 Å². The maximum atomic E-state index is 12.1. The number of nitrogens with zero attached hydrogens (tertiary/aromatic N) is 1. The molecule has 0 amide bonds. The number of Topliss-reactive ketones (excluding diaryl/α,β-unsaturated/α-hetero) is 1. The Bertz CT molecular complexity index is 379. The van der Waals surface area contributed by atoms with Crippen LogP contribution >= 0.6 is 0 Å². The van der Waals surface area contributed by atoms with E-state index in [1.807, 2.05) is 20.8 Å². The Morgan fingerprint density at radius 2 is 2.18 bits per heavy atom. The first-order valence-corrected chi connectivity index (χ1v) is 5.97. The molecule has 0 aliphatic heterocycles. The Morgan fingerprint density at radius 1 is 1.47 bits per heavy atom. The van der Waals surface area contributed by atoms with Crippen molar-refractivity contribution in [1.82, 2.24) is 4.98 Å². The molecule has 1 rings (SSSR count). The maximum absolute atomic E-state index is 12.1. The summed E-state index contributed by atoms with van der Waals surface area (Å²) in [6.07, 6.45) is 4.01. The molecule has 4 nitrogen and oxygen atoms in total. The molecule has 1 heterocycles. The molecule has 0 aliphatic rings. The van der Waals surface area contributed by atoms with Crippen molar-refractivity contribution in [3.8, 4) is 5.75 Å². The highest BCUT2D eigenvalue weighted by atomic mass is 16.5. The van der Waals surface area contributed by atoms with Crippen LogP contribution in [0.5, 0.6) is 5.75 Å². The van der Waals surface area contributed by atoms with E-state index in [0.717, 1.165) is 6.42 Å². The Morgan fingerprint density at radius 3 is 2.76 bits per heavy atom. The number of hydrogen-bond acceptors (Lipinski definition) is 4. The molecule has 0 radical (unpaired) electrons. The van der Waals surface area contributed by atoms with Gasteiger partial charge >= 0.3 is 0 Å². The van der Waals surface area contributed by atoms with E-state index in [1.165, 1.54) is 6.20 Å². The molecule has 1 aromatic heterocycles. The van der Waals surface area contributed by atoms with Crippen molar-refractivity contribution in [2.24, 2.45) is 11.7 Å². The topological polar surface area (TPSA) is 65.2 Å². The van der Waals surface area contributed by atoms with Gasteiger partial charge < -0.3 is 10.5 Å². The molecule has 1 aromatic rings. The summed E-state index contributed by atoms with van der Waals surface area (Å²) in [5.74, 6) is 0.696. The van der Waals surface area contributed by atoms with Crippen LogP contribution in [0.15, 0.2) is 18.5 Å². The van der Waals surface area contributed by atoms with Crippen molar-refractivity contribution < 1.29 is 9.53 Å². The summed E-state index contributed by atoms with van der Waals surface area (Å²) < 4.78 is 5.31. The fraction of sp³-hybridized carbons (Fsp3) is 0.538. The molecule has 2 atom stereocenters. The summed E-state index contributed by atoms with van der Waals surface area (Å²) in [6, 6.07) is 1.22. The van der Waals surface area contributed by atoms with Gasteiger partial charge in [0.05, 0.1) is 18.8 Å². The molecule has 0 fully saturated rings. The smallest absolute Gasteiger partial charge is 0.181 e. The zero-order valence-electron chi connectivity index (χ0n) is 10.6. The van der Waals surface area contributed by atoms with Gasteiger partial charge in [0.2, 0.25) is 0 Å². The first kappa shape index (κ1) is 13.6. The van der Waals surface area contributed by atoms with Crippen LogP contribution in [0.1, 0.15) is 37.6 Å². The third-order valence-corrected chi connectivity index (χ3v) is 2.87. The van der Waals surface area contributed by atoms with Crippen LogP contribution < -0.4 is 10.5 Å². The monoisotopic (exact) mass is 236 g/mol. The fourth-order valence-corrected chi connectivity index (χ4v) is 1.50. The number of carbonyl (C=O) groups excluding carboxylic acids is 1. The van der Waals surface area contributed by atoms with E-state index in [0.29, 0.717) is 17.9 Å². The van der Waals surface area contributed by atoms with E-state index in [-0.39, 0.29) is 11.7 Å². The third kappa shape index (κ3) is 3.53. The van der Waals surface area contributed by atoms with Crippen molar-refractivity contribution in [2.45, 2.75) is 33.2 Å².